The van der Waals surface area contributed by atoms with Gasteiger partial charge in [0, 0.05) is 37.7 Å². The quantitative estimate of drug-likeness (QED) is 0.921. The highest BCUT2D eigenvalue weighted by Gasteiger charge is 2.31. The van der Waals surface area contributed by atoms with E-state index in [0.29, 0.717) is 12.6 Å². The van der Waals surface area contributed by atoms with Crippen LogP contribution < -0.4 is 10.1 Å². The molecular weight excluding hydrogens is 290 g/mol. The molecule has 0 aliphatic carbocycles. The monoisotopic (exact) mass is 317 g/mol. The fourth-order valence-corrected chi connectivity index (χ4v) is 3.66. The van der Waals surface area contributed by atoms with Crippen molar-refractivity contribution in [1.82, 2.24) is 15.1 Å². The van der Waals surface area contributed by atoms with Gasteiger partial charge in [-0.25, -0.2) is 0 Å². The molecule has 2 heterocycles. The highest BCUT2D eigenvalue weighted by Crippen LogP contribution is 2.31. The highest BCUT2D eigenvalue weighted by molar-refractivity contribution is 5.82. The van der Waals surface area contributed by atoms with E-state index in [-0.39, 0.29) is 18.0 Å². The lowest BCUT2D eigenvalue weighted by Crippen LogP contribution is -2.57. The lowest BCUT2D eigenvalue weighted by atomic mass is 10.00. The highest BCUT2D eigenvalue weighted by atomic mass is 16.5. The van der Waals surface area contributed by atoms with Gasteiger partial charge < -0.3 is 15.0 Å². The van der Waals surface area contributed by atoms with Gasteiger partial charge in [0.2, 0.25) is 5.91 Å². The Morgan fingerprint density at radius 3 is 2.91 bits per heavy atom. The summed E-state index contributed by atoms with van der Waals surface area (Å²) < 4.78 is 5.67. The normalized spacial score (nSPS) is 26.9. The Morgan fingerprint density at radius 2 is 2.13 bits per heavy atom. The molecule has 3 rings (SSSR count). The van der Waals surface area contributed by atoms with Gasteiger partial charge in [-0.3, -0.25) is 9.69 Å². The number of amides is 1. The molecule has 1 aromatic carbocycles. The molecule has 5 nitrogen and oxygen atoms in total. The number of hydrogen-bond donors (Lipinski definition) is 1. The van der Waals surface area contributed by atoms with E-state index in [9.17, 15) is 4.79 Å². The van der Waals surface area contributed by atoms with Gasteiger partial charge in [0.15, 0.2) is 0 Å². The van der Waals surface area contributed by atoms with Crippen molar-refractivity contribution in [3.05, 3.63) is 29.8 Å². The summed E-state index contributed by atoms with van der Waals surface area (Å²) >= 11 is 0. The van der Waals surface area contributed by atoms with Crippen molar-refractivity contribution in [3.8, 4) is 5.75 Å². The summed E-state index contributed by atoms with van der Waals surface area (Å²) in [5.41, 5.74) is 1.09. The van der Waals surface area contributed by atoms with Crippen LogP contribution in [0.5, 0.6) is 5.75 Å². The van der Waals surface area contributed by atoms with Gasteiger partial charge >= 0.3 is 0 Å². The van der Waals surface area contributed by atoms with Crippen molar-refractivity contribution >= 4 is 5.91 Å². The SMILES string of the molecule is CC1CN(C)CCN1C(C)C(=O)NC1CCOc2ccccc21. The Morgan fingerprint density at radius 1 is 1.35 bits per heavy atom. The van der Waals surface area contributed by atoms with Crippen molar-refractivity contribution in [1.29, 1.82) is 0 Å². The van der Waals surface area contributed by atoms with Crippen molar-refractivity contribution < 1.29 is 9.53 Å². The number of rotatable bonds is 3. The molecular formula is C18H27N3O2. The van der Waals surface area contributed by atoms with Crippen LogP contribution in [0, 0.1) is 0 Å². The Balaban J connectivity index is 1.65. The summed E-state index contributed by atoms with van der Waals surface area (Å²) in [4.78, 5) is 17.4. The predicted octanol–water partition coefficient (Wildman–Crippen LogP) is 1.65. The number of likely N-dealkylation sites (N-methyl/N-ethyl adjacent to an activating group) is 1. The standard InChI is InChI=1S/C18H27N3O2/c1-13-12-20(3)9-10-21(13)14(2)18(22)19-16-8-11-23-17-7-5-4-6-15(16)17/h4-7,13-14,16H,8-12H2,1-3H3,(H,19,22). The van der Waals surface area contributed by atoms with Crippen LogP contribution in [0.1, 0.15) is 31.9 Å². The van der Waals surface area contributed by atoms with E-state index in [4.69, 9.17) is 4.74 Å². The first-order valence-corrected chi connectivity index (χ1v) is 8.52. The molecule has 0 spiro atoms. The zero-order valence-corrected chi connectivity index (χ0v) is 14.3. The fourth-order valence-electron chi connectivity index (χ4n) is 3.66. The molecule has 1 N–H and O–H groups in total. The second-order valence-corrected chi connectivity index (χ2v) is 6.76. The van der Waals surface area contributed by atoms with Gasteiger partial charge in [-0.15, -0.1) is 0 Å². The minimum absolute atomic E-state index is 0.0534. The van der Waals surface area contributed by atoms with E-state index in [1.807, 2.05) is 31.2 Å². The number of piperazine rings is 1. The third-order valence-electron chi connectivity index (χ3n) is 5.03. The zero-order valence-electron chi connectivity index (χ0n) is 14.3. The van der Waals surface area contributed by atoms with Crippen molar-refractivity contribution in [2.75, 3.05) is 33.3 Å². The van der Waals surface area contributed by atoms with Crippen LogP contribution in [-0.2, 0) is 4.79 Å². The second kappa shape index (κ2) is 6.89. The number of nitrogens with zero attached hydrogens (tertiary/aromatic N) is 2. The number of carbonyl (C=O) groups is 1. The number of fused-ring (bicyclic) bond motifs is 1. The van der Waals surface area contributed by atoms with Crippen molar-refractivity contribution in [3.63, 3.8) is 0 Å². The van der Waals surface area contributed by atoms with E-state index >= 15 is 0 Å². The summed E-state index contributed by atoms with van der Waals surface area (Å²) in [6, 6.07) is 8.33. The van der Waals surface area contributed by atoms with Crippen LogP contribution in [0.2, 0.25) is 0 Å². The van der Waals surface area contributed by atoms with Gasteiger partial charge in [-0.05, 0) is 27.0 Å². The minimum Gasteiger partial charge on any atom is -0.493 e. The number of para-hydroxylation sites is 1. The number of carbonyl (C=O) groups excluding carboxylic acids is 1. The third kappa shape index (κ3) is 3.51. The molecule has 1 aromatic rings. The largest absolute Gasteiger partial charge is 0.493 e. The van der Waals surface area contributed by atoms with Crippen LogP contribution in [0.25, 0.3) is 0 Å². The summed E-state index contributed by atoms with van der Waals surface area (Å²) in [6.07, 6.45) is 0.827. The molecule has 2 aliphatic rings. The molecule has 1 saturated heterocycles. The fraction of sp³-hybridized carbons (Fsp3) is 0.611. The van der Waals surface area contributed by atoms with Gasteiger partial charge in [0.1, 0.15) is 5.75 Å². The Hall–Kier alpha value is -1.59. The Labute approximate surface area is 138 Å². The second-order valence-electron chi connectivity index (χ2n) is 6.76. The topological polar surface area (TPSA) is 44.8 Å². The van der Waals surface area contributed by atoms with Crippen molar-refractivity contribution in [2.45, 2.75) is 38.4 Å². The molecule has 0 bridgehead atoms. The summed E-state index contributed by atoms with van der Waals surface area (Å²) in [5.74, 6) is 1.01. The molecule has 0 aromatic heterocycles. The molecule has 126 valence electrons. The maximum atomic E-state index is 12.7. The van der Waals surface area contributed by atoms with Crippen LogP contribution >= 0.6 is 0 Å². The summed E-state index contributed by atoms with van der Waals surface area (Å²) in [7, 11) is 2.14. The molecule has 1 fully saturated rings. The Bertz CT molecular complexity index is 563. The molecule has 0 saturated carbocycles. The molecule has 1 amide bonds. The third-order valence-corrected chi connectivity index (χ3v) is 5.03. The van der Waals surface area contributed by atoms with Crippen LogP contribution in [0.15, 0.2) is 24.3 Å². The van der Waals surface area contributed by atoms with E-state index in [1.165, 1.54) is 0 Å². The number of nitrogens with one attached hydrogen (secondary N) is 1. The lowest BCUT2D eigenvalue weighted by Gasteiger charge is -2.41. The summed E-state index contributed by atoms with van der Waals surface area (Å²) in [6.45, 7) is 7.84. The molecule has 0 radical (unpaired) electrons. The number of benzene rings is 1. The summed E-state index contributed by atoms with van der Waals surface area (Å²) in [5, 5.41) is 3.23. The molecule has 23 heavy (non-hydrogen) atoms. The predicted molar refractivity (Wildman–Crippen MR) is 90.6 cm³/mol. The van der Waals surface area contributed by atoms with Crippen LogP contribution in [-0.4, -0.2) is 61.1 Å². The van der Waals surface area contributed by atoms with E-state index in [2.05, 4.69) is 29.1 Å². The molecule has 5 heteroatoms. The van der Waals surface area contributed by atoms with Gasteiger partial charge in [-0.1, -0.05) is 18.2 Å². The minimum atomic E-state index is -0.103. The van der Waals surface area contributed by atoms with Crippen molar-refractivity contribution in [2.24, 2.45) is 0 Å². The lowest BCUT2D eigenvalue weighted by molar-refractivity contribution is -0.128. The average molecular weight is 317 g/mol. The zero-order chi connectivity index (χ0) is 16.4. The molecule has 3 atom stereocenters. The van der Waals surface area contributed by atoms with Gasteiger partial charge in [0.25, 0.3) is 0 Å². The molecule has 2 aliphatic heterocycles. The first kappa shape index (κ1) is 16.3. The number of ether oxygens (including phenoxy) is 1. The maximum absolute atomic E-state index is 12.7. The van der Waals surface area contributed by atoms with Crippen LogP contribution in [0.3, 0.4) is 0 Å². The number of hydrogen-bond acceptors (Lipinski definition) is 4. The van der Waals surface area contributed by atoms with Crippen LogP contribution in [0.4, 0.5) is 0 Å². The maximum Gasteiger partial charge on any atom is 0.237 e. The molecule has 3 unspecified atom stereocenters. The first-order chi connectivity index (χ1) is 11.1. The van der Waals surface area contributed by atoms with E-state index in [1.54, 1.807) is 0 Å². The Kier molecular flexibility index (Phi) is 4.87. The average Bonchev–Trinajstić information content (AvgIpc) is 2.54. The van der Waals surface area contributed by atoms with Gasteiger partial charge in [0.05, 0.1) is 18.7 Å². The van der Waals surface area contributed by atoms with E-state index < -0.39 is 0 Å². The smallest absolute Gasteiger partial charge is 0.237 e. The van der Waals surface area contributed by atoms with E-state index in [0.717, 1.165) is 37.4 Å². The van der Waals surface area contributed by atoms with Gasteiger partial charge in [-0.2, -0.15) is 0 Å². The first-order valence-electron chi connectivity index (χ1n) is 8.52.